The molecule has 0 aliphatic rings. The minimum Gasteiger partial charge on any atom is -0.346 e. The predicted molar refractivity (Wildman–Crippen MR) is 56.9 cm³/mol. The van der Waals surface area contributed by atoms with Crippen molar-refractivity contribution < 1.29 is 9.59 Å². The second kappa shape index (κ2) is 5.78. The molecule has 0 radical (unpaired) electrons. The second-order valence-corrected chi connectivity index (χ2v) is 4.45. The SMILES string of the molecule is CC(C)CC(=O)[C@H](C)NC(=O)C(C)C. The van der Waals surface area contributed by atoms with Crippen LogP contribution >= 0.6 is 0 Å². The van der Waals surface area contributed by atoms with Crippen LogP contribution in [0, 0.1) is 11.8 Å². The topological polar surface area (TPSA) is 46.2 Å². The average molecular weight is 199 g/mol. The first kappa shape index (κ1) is 13.1. The van der Waals surface area contributed by atoms with Crippen molar-refractivity contribution >= 4 is 11.7 Å². The van der Waals surface area contributed by atoms with Gasteiger partial charge >= 0.3 is 0 Å². The van der Waals surface area contributed by atoms with Crippen LogP contribution in [0.2, 0.25) is 0 Å². The van der Waals surface area contributed by atoms with E-state index in [-0.39, 0.29) is 23.7 Å². The summed E-state index contributed by atoms with van der Waals surface area (Å²) in [5, 5.41) is 2.70. The molecule has 0 aromatic carbocycles. The Morgan fingerprint density at radius 1 is 1.07 bits per heavy atom. The molecule has 82 valence electrons. The average Bonchev–Trinajstić information content (AvgIpc) is 2.02. The van der Waals surface area contributed by atoms with Crippen LogP contribution in [0.25, 0.3) is 0 Å². The lowest BCUT2D eigenvalue weighted by atomic mass is 10.0. The van der Waals surface area contributed by atoms with Gasteiger partial charge in [-0.1, -0.05) is 27.7 Å². The summed E-state index contributed by atoms with van der Waals surface area (Å²) >= 11 is 0. The minimum atomic E-state index is -0.354. The van der Waals surface area contributed by atoms with E-state index in [9.17, 15) is 9.59 Å². The van der Waals surface area contributed by atoms with E-state index in [1.165, 1.54) is 0 Å². The Morgan fingerprint density at radius 3 is 1.93 bits per heavy atom. The fourth-order valence-electron chi connectivity index (χ4n) is 1.04. The summed E-state index contributed by atoms with van der Waals surface area (Å²) in [6.07, 6.45) is 0.527. The second-order valence-electron chi connectivity index (χ2n) is 4.45. The number of hydrogen-bond donors (Lipinski definition) is 1. The first-order chi connectivity index (χ1) is 6.34. The normalized spacial score (nSPS) is 13.1. The highest BCUT2D eigenvalue weighted by Gasteiger charge is 2.17. The molecule has 0 unspecified atom stereocenters. The maximum absolute atomic E-state index is 11.5. The molecule has 3 nitrogen and oxygen atoms in total. The molecule has 0 rings (SSSR count). The molecule has 0 fully saturated rings. The maximum atomic E-state index is 11.5. The van der Waals surface area contributed by atoms with E-state index < -0.39 is 0 Å². The van der Waals surface area contributed by atoms with Crippen LogP contribution < -0.4 is 5.32 Å². The van der Waals surface area contributed by atoms with E-state index in [4.69, 9.17) is 0 Å². The largest absolute Gasteiger partial charge is 0.346 e. The molecule has 0 bridgehead atoms. The van der Waals surface area contributed by atoms with E-state index in [1.54, 1.807) is 6.92 Å². The van der Waals surface area contributed by atoms with Crippen LogP contribution in [-0.2, 0) is 9.59 Å². The van der Waals surface area contributed by atoms with Gasteiger partial charge in [0.2, 0.25) is 5.91 Å². The van der Waals surface area contributed by atoms with Gasteiger partial charge in [-0.25, -0.2) is 0 Å². The number of amides is 1. The lowest BCUT2D eigenvalue weighted by Gasteiger charge is -2.15. The standard InChI is InChI=1S/C11H21NO2/c1-7(2)6-10(13)9(5)12-11(14)8(3)4/h7-9H,6H2,1-5H3,(H,12,14)/t9-/m0/s1. The third kappa shape index (κ3) is 5.00. The highest BCUT2D eigenvalue weighted by Crippen LogP contribution is 2.03. The maximum Gasteiger partial charge on any atom is 0.223 e. The van der Waals surface area contributed by atoms with Crippen molar-refractivity contribution in [2.24, 2.45) is 11.8 Å². The Kier molecular flexibility index (Phi) is 5.43. The van der Waals surface area contributed by atoms with Crippen LogP contribution in [-0.4, -0.2) is 17.7 Å². The van der Waals surface area contributed by atoms with Gasteiger partial charge in [0.15, 0.2) is 5.78 Å². The molecule has 0 aliphatic heterocycles. The molecule has 1 N–H and O–H groups in total. The predicted octanol–water partition coefficient (Wildman–Crippen LogP) is 1.76. The minimum absolute atomic E-state index is 0.0605. The summed E-state index contributed by atoms with van der Waals surface area (Å²) in [7, 11) is 0. The number of nitrogens with one attached hydrogen (secondary N) is 1. The molecule has 1 amide bonds. The first-order valence-corrected chi connectivity index (χ1v) is 5.17. The van der Waals surface area contributed by atoms with Gasteiger partial charge in [0, 0.05) is 12.3 Å². The Balaban J connectivity index is 4.01. The van der Waals surface area contributed by atoms with E-state index in [0.29, 0.717) is 12.3 Å². The first-order valence-electron chi connectivity index (χ1n) is 5.17. The van der Waals surface area contributed by atoms with Crippen molar-refractivity contribution in [1.29, 1.82) is 0 Å². The quantitative estimate of drug-likeness (QED) is 0.733. The molecular weight excluding hydrogens is 178 g/mol. The Morgan fingerprint density at radius 2 is 1.57 bits per heavy atom. The lowest BCUT2D eigenvalue weighted by Crippen LogP contribution is -2.40. The van der Waals surface area contributed by atoms with Gasteiger partial charge in [0.25, 0.3) is 0 Å². The van der Waals surface area contributed by atoms with Gasteiger partial charge in [-0.15, -0.1) is 0 Å². The third-order valence-corrected chi connectivity index (χ3v) is 1.98. The lowest BCUT2D eigenvalue weighted by molar-refractivity contribution is -0.129. The van der Waals surface area contributed by atoms with Crippen LogP contribution in [0.4, 0.5) is 0 Å². The summed E-state index contributed by atoms with van der Waals surface area (Å²) in [6, 6.07) is -0.354. The summed E-state index contributed by atoms with van der Waals surface area (Å²) in [5.74, 6) is 0.328. The zero-order valence-electron chi connectivity index (χ0n) is 9.76. The van der Waals surface area contributed by atoms with Crippen molar-refractivity contribution in [3.8, 4) is 0 Å². The van der Waals surface area contributed by atoms with Crippen LogP contribution in [0.1, 0.15) is 41.0 Å². The van der Waals surface area contributed by atoms with Crippen molar-refractivity contribution in [3.63, 3.8) is 0 Å². The zero-order chi connectivity index (χ0) is 11.3. The molecule has 0 aromatic rings. The molecule has 0 heterocycles. The van der Waals surface area contributed by atoms with Gasteiger partial charge in [-0.2, -0.15) is 0 Å². The van der Waals surface area contributed by atoms with Crippen molar-refractivity contribution in [2.75, 3.05) is 0 Å². The Hall–Kier alpha value is -0.860. The summed E-state index contributed by atoms with van der Waals surface area (Å²) in [5.41, 5.74) is 0. The van der Waals surface area contributed by atoms with Crippen LogP contribution in [0.5, 0.6) is 0 Å². The van der Waals surface area contributed by atoms with E-state index in [0.717, 1.165) is 0 Å². The molecule has 1 atom stereocenters. The highest BCUT2D eigenvalue weighted by molar-refractivity contribution is 5.89. The number of carbonyl (C=O) groups excluding carboxylic acids is 2. The van der Waals surface area contributed by atoms with Crippen LogP contribution in [0.15, 0.2) is 0 Å². The Labute approximate surface area is 86.3 Å². The smallest absolute Gasteiger partial charge is 0.223 e. The molecule has 3 heteroatoms. The van der Waals surface area contributed by atoms with Gasteiger partial charge < -0.3 is 5.32 Å². The molecule has 0 spiro atoms. The number of carbonyl (C=O) groups is 2. The third-order valence-electron chi connectivity index (χ3n) is 1.98. The summed E-state index contributed by atoms with van der Waals surface area (Å²) in [4.78, 5) is 22.8. The van der Waals surface area contributed by atoms with Crippen molar-refractivity contribution in [1.82, 2.24) is 5.32 Å². The number of Topliss-reactive ketones (excluding diaryl/α,β-unsaturated/α-hetero) is 1. The van der Waals surface area contributed by atoms with Gasteiger partial charge in [0.05, 0.1) is 6.04 Å². The van der Waals surface area contributed by atoms with Gasteiger partial charge in [-0.05, 0) is 12.8 Å². The molecule has 0 aromatic heterocycles. The number of hydrogen-bond acceptors (Lipinski definition) is 2. The van der Waals surface area contributed by atoms with Gasteiger partial charge in [0.1, 0.15) is 0 Å². The van der Waals surface area contributed by atoms with E-state index >= 15 is 0 Å². The summed E-state index contributed by atoms with van der Waals surface area (Å²) in [6.45, 7) is 9.36. The van der Waals surface area contributed by atoms with Gasteiger partial charge in [-0.3, -0.25) is 9.59 Å². The fraction of sp³-hybridized carbons (Fsp3) is 0.818. The van der Waals surface area contributed by atoms with Crippen LogP contribution in [0.3, 0.4) is 0 Å². The summed E-state index contributed by atoms with van der Waals surface area (Å²) < 4.78 is 0. The highest BCUT2D eigenvalue weighted by atomic mass is 16.2. The van der Waals surface area contributed by atoms with Crippen molar-refractivity contribution in [3.05, 3.63) is 0 Å². The molecular formula is C11H21NO2. The number of rotatable bonds is 5. The molecule has 0 saturated heterocycles. The molecule has 0 saturated carbocycles. The monoisotopic (exact) mass is 199 g/mol. The zero-order valence-corrected chi connectivity index (χ0v) is 9.76. The number of ketones is 1. The van der Waals surface area contributed by atoms with Crippen molar-refractivity contribution in [2.45, 2.75) is 47.1 Å². The Bertz CT molecular complexity index is 209. The molecule has 0 aliphatic carbocycles. The van der Waals surface area contributed by atoms with E-state index in [2.05, 4.69) is 5.32 Å². The van der Waals surface area contributed by atoms with E-state index in [1.807, 2.05) is 27.7 Å². The fourth-order valence-corrected chi connectivity index (χ4v) is 1.04. The molecule has 14 heavy (non-hydrogen) atoms.